The number of amides is 1. The van der Waals surface area contributed by atoms with Crippen LogP contribution < -0.4 is 19.5 Å². The van der Waals surface area contributed by atoms with E-state index in [1.807, 2.05) is 49.4 Å². The summed E-state index contributed by atoms with van der Waals surface area (Å²) >= 11 is 0. The average molecular weight is 369 g/mol. The third-order valence-corrected chi connectivity index (χ3v) is 4.76. The van der Waals surface area contributed by atoms with Crippen LogP contribution in [0.25, 0.3) is 0 Å². The third-order valence-electron chi connectivity index (χ3n) is 4.76. The lowest BCUT2D eigenvalue weighted by molar-refractivity contribution is -0.126. The number of rotatable bonds is 7. The van der Waals surface area contributed by atoms with Gasteiger partial charge >= 0.3 is 0 Å². The Balaban J connectivity index is 1.64. The smallest absolute Gasteiger partial charge is 0.227 e. The van der Waals surface area contributed by atoms with E-state index in [-0.39, 0.29) is 17.9 Å². The van der Waals surface area contributed by atoms with Crippen molar-refractivity contribution >= 4 is 5.91 Å². The molecule has 3 rings (SSSR count). The lowest BCUT2D eigenvalue weighted by Crippen LogP contribution is -2.38. The highest BCUT2D eigenvalue weighted by atomic mass is 16.5. The minimum atomic E-state index is -0.184. The van der Waals surface area contributed by atoms with E-state index in [4.69, 9.17) is 14.2 Å². The monoisotopic (exact) mass is 369 g/mol. The van der Waals surface area contributed by atoms with Gasteiger partial charge in [-0.25, -0.2) is 0 Å². The molecule has 1 amide bonds. The summed E-state index contributed by atoms with van der Waals surface area (Å²) in [6.45, 7) is 5.08. The predicted molar refractivity (Wildman–Crippen MR) is 104 cm³/mol. The second-order valence-corrected chi connectivity index (χ2v) is 6.81. The molecule has 5 nitrogen and oxygen atoms in total. The van der Waals surface area contributed by atoms with E-state index < -0.39 is 0 Å². The molecule has 0 spiro atoms. The number of para-hydroxylation sites is 1. The number of carbonyl (C=O) groups is 1. The van der Waals surface area contributed by atoms with Gasteiger partial charge < -0.3 is 19.5 Å². The highest BCUT2D eigenvalue weighted by molar-refractivity contribution is 5.80. The van der Waals surface area contributed by atoms with Crippen molar-refractivity contribution in [2.45, 2.75) is 32.7 Å². The van der Waals surface area contributed by atoms with Gasteiger partial charge in [0, 0.05) is 0 Å². The van der Waals surface area contributed by atoms with Crippen LogP contribution in [0.4, 0.5) is 0 Å². The van der Waals surface area contributed by atoms with Crippen LogP contribution in [0.2, 0.25) is 0 Å². The molecule has 0 saturated heterocycles. The van der Waals surface area contributed by atoms with Crippen molar-refractivity contribution in [2.24, 2.45) is 5.92 Å². The van der Waals surface area contributed by atoms with Crippen LogP contribution in [0, 0.1) is 5.92 Å². The zero-order valence-corrected chi connectivity index (χ0v) is 16.2. The first-order valence-electron chi connectivity index (χ1n) is 9.44. The summed E-state index contributed by atoms with van der Waals surface area (Å²) < 4.78 is 16.9. The van der Waals surface area contributed by atoms with Gasteiger partial charge in [-0.2, -0.15) is 0 Å². The standard InChI is InChI=1S/C22H27NO4/c1-4-11-26-20-10-9-16(13-21(20)25-3)15(2)23-22(24)18-12-17-7-5-6-8-19(17)27-14-18/h5-10,13,15,18H,4,11-12,14H2,1-3H3,(H,23,24)/t15-,18+/m1/s1. The second kappa shape index (κ2) is 8.80. The van der Waals surface area contributed by atoms with E-state index in [1.54, 1.807) is 7.11 Å². The van der Waals surface area contributed by atoms with Gasteiger partial charge in [0.1, 0.15) is 12.4 Å². The fraction of sp³-hybridized carbons (Fsp3) is 0.409. The minimum absolute atomic E-state index is 0.00211. The zero-order valence-electron chi connectivity index (χ0n) is 16.2. The van der Waals surface area contributed by atoms with Gasteiger partial charge in [0.05, 0.1) is 25.7 Å². The summed E-state index contributed by atoms with van der Waals surface area (Å²) in [5.41, 5.74) is 2.05. The van der Waals surface area contributed by atoms with Crippen LogP contribution in [0.5, 0.6) is 17.2 Å². The van der Waals surface area contributed by atoms with Gasteiger partial charge in [0.2, 0.25) is 5.91 Å². The topological polar surface area (TPSA) is 56.8 Å². The molecule has 1 aliphatic heterocycles. The number of benzene rings is 2. The van der Waals surface area contributed by atoms with Crippen LogP contribution in [0.3, 0.4) is 0 Å². The number of hydrogen-bond donors (Lipinski definition) is 1. The molecule has 0 radical (unpaired) electrons. The van der Waals surface area contributed by atoms with Crippen molar-refractivity contribution < 1.29 is 19.0 Å². The molecule has 5 heteroatoms. The van der Waals surface area contributed by atoms with Gasteiger partial charge in [-0.15, -0.1) is 0 Å². The van der Waals surface area contributed by atoms with Crippen LogP contribution in [0.1, 0.15) is 37.4 Å². The molecule has 1 heterocycles. The Bertz CT molecular complexity index is 790. The van der Waals surface area contributed by atoms with E-state index >= 15 is 0 Å². The normalized spacial score (nSPS) is 16.6. The molecule has 0 aliphatic carbocycles. The number of ether oxygens (including phenoxy) is 3. The van der Waals surface area contributed by atoms with Crippen molar-refractivity contribution in [3.05, 3.63) is 53.6 Å². The lowest BCUT2D eigenvalue weighted by Gasteiger charge is -2.26. The highest BCUT2D eigenvalue weighted by Gasteiger charge is 2.27. The van der Waals surface area contributed by atoms with Crippen molar-refractivity contribution in [1.29, 1.82) is 0 Å². The van der Waals surface area contributed by atoms with Crippen molar-refractivity contribution in [2.75, 3.05) is 20.3 Å². The molecular formula is C22H27NO4. The first-order valence-corrected chi connectivity index (χ1v) is 9.44. The summed E-state index contributed by atoms with van der Waals surface area (Å²) in [6, 6.07) is 13.5. The number of fused-ring (bicyclic) bond motifs is 1. The SMILES string of the molecule is CCCOc1ccc([C@@H](C)NC(=O)[C@@H]2COc3ccccc3C2)cc1OC. The molecule has 144 valence electrons. The molecule has 1 N–H and O–H groups in total. The van der Waals surface area contributed by atoms with Gasteiger partial charge in [0.25, 0.3) is 0 Å². The lowest BCUT2D eigenvalue weighted by atomic mass is 9.95. The summed E-state index contributed by atoms with van der Waals surface area (Å²) in [5.74, 6) is 2.09. The molecule has 0 bridgehead atoms. The summed E-state index contributed by atoms with van der Waals surface area (Å²) in [4.78, 5) is 12.7. The quantitative estimate of drug-likeness (QED) is 0.804. The van der Waals surface area contributed by atoms with Gasteiger partial charge in [-0.1, -0.05) is 31.2 Å². The molecule has 0 fully saturated rings. The van der Waals surface area contributed by atoms with Crippen LogP contribution in [-0.2, 0) is 11.2 Å². The molecule has 2 atom stereocenters. The summed E-state index contributed by atoms with van der Waals surface area (Å²) in [7, 11) is 1.62. The number of nitrogens with one attached hydrogen (secondary N) is 1. The molecular weight excluding hydrogens is 342 g/mol. The Morgan fingerprint density at radius 3 is 2.85 bits per heavy atom. The Morgan fingerprint density at radius 2 is 2.07 bits per heavy atom. The van der Waals surface area contributed by atoms with E-state index in [1.165, 1.54) is 0 Å². The van der Waals surface area contributed by atoms with Crippen LogP contribution in [0.15, 0.2) is 42.5 Å². The number of methoxy groups -OCH3 is 1. The molecule has 2 aromatic carbocycles. The maximum absolute atomic E-state index is 12.7. The molecule has 27 heavy (non-hydrogen) atoms. The molecule has 0 aromatic heterocycles. The molecule has 1 aliphatic rings. The molecule has 0 unspecified atom stereocenters. The summed E-state index contributed by atoms with van der Waals surface area (Å²) in [5, 5.41) is 3.10. The van der Waals surface area contributed by atoms with Crippen molar-refractivity contribution in [1.82, 2.24) is 5.32 Å². The highest BCUT2D eigenvalue weighted by Crippen LogP contribution is 2.31. The average Bonchev–Trinajstić information content (AvgIpc) is 2.71. The molecule has 0 saturated carbocycles. The maximum Gasteiger partial charge on any atom is 0.227 e. The van der Waals surface area contributed by atoms with E-state index in [0.29, 0.717) is 25.4 Å². The van der Waals surface area contributed by atoms with Crippen LogP contribution in [-0.4, -0.2) is 26.2 Å². The minimum Gasteiger partial charge on any atom is -0.493 e. The maximum atomic E-state index is 12.7. The first-order chi connectivity index (χ1) is 13.1. The summed E-state index contributed by atoms with van der Waals surface area (Å²) in [6.07, 6.45) is 1.63. The first kappa shape index (κ1) is 19.1. The fourth-order valence-corrected chi connectivity index (χ4v) is 3.20. The van der Waals surface area contributed by atoms with Crippen molar-refractivity contribution in [3.63, 3.8) is 0 Å². The Kier molecular flexibility index (Phi) is 6.22. The molecule has 2 aromatic rings. The Morgan fingerprint density at radius 1 is 1.26 bits per heavy atom. The number of carbonyl (C=O) groups excluding carboxylic acids is 1. The predicted octanol–water partition coefficient (Wildman–Crippen LogP) is 3.91. The fourth-order valence-electron chi connectivity index (χ4n) is 3.20. The van der Waals surface area contributed by atoms with E-state index in [2.05, 4.69) is 12.2 Å². The largest absolute Gasteiger partial charge is 0.493 e. The zero-order chi connectivity index (χ0) is 19.2. The van der Waals surface area contributed by atoms with Gasteiger partial charge in [0.15, 0.2) is 11.5 Å². The van der Waals surface area contributed by atoms with E-state index in [9.17, 15) is 4.79 Å². The van der Waals surface area contributed by atoms with E-state index in [0.717, 1.165) is 29.0 Å². The Labute approximate surface area is 160 Å². The second-order valence-electron chi connectivity index (χ2n) is 6.81. The third kappa shape index (κ3) is 4.54. The Hall–Kier alpha value is -2.69. The number of hydrogen-bond acceptors (Lipinski definition) is 4. The van der Waals surface area contributed by atoms with Gasteiger partial charge in [-0.3, -0.25) is 4.79 Å². The van der Waals surface area contributed by atoms with Gasteiger partial charge in [-0.05, 0) is 49.1 Å². The van der Waals surface area contributed by atoms with Crippen molar-refractivity contribution in [3.8, 4) is 17.2 Å². The van der Waals surface area contributed by atoms with Crippen LogP contribution >= 0.6 is 0 Å².